The second-order valence-electron chi connectivity index (χ2n) is 4.25. The van der Waals surface area contributed by atoms with Crippen molar-refractivity contribution >= 4 is 29.1 Å². The molecule has 104 valence electrons. The lowest BCUT2D eigenvalue weighted by Gasteiger charge is -2.11. The first-order valence-electron chi connectivity index (χ1n) is 6.12. The van der Waals surface area contributed by atoms with E-state index in [1.54, 1.807) is 18.2 Å². The molecule has 3 nitrogen and oxygen atoms in total. The van der Waals surface area contributed by atoms with Gasteiger partial charge in [0.1, 0.15) is 0 Å². The summed E-state index contributed by atoms with van der Waals surface area (Å²) in [6.45, 7) is 0.812. The lowest BCUT2D eigenvalue weighted by molar-refractivity contribution is 0.0951. The van der Waals surface area contributed by atoms with Crippen molar-refractivity contribution in [3.8, 4) is 0 Å². The van der Waals surface area contributed by atoms with Crippen LogP contribution in [0.2, 0.25) is 10.0 Å². The molecule has 5 heteroatoms. The molecule has 0 atom stereocenters. The van der Waals surface area contributed by atoms with Crippen LogP contribution in [0.15, 0.2) is 42.5 Å². The second-order valence-corrected chi connectivity index (χ2v) is 5.07. The lowest BCUT2D eigenvalue weighted by atomic mass is 10.1. The zero-order valence-electron chi connectivity index (χ0n) is 10.7. The van der Waals surface area contributed by atoms with Crippen molar-refractivity contribution in [2.24, 2.45) is 5.73 Å². The molecular formula is C15H14Cl2N2O. The maximum atomic E-state index is 12.1. The number of hydrogen-bond donors (Lipinski definition) is 2. The number of halogens is 2. The maximum Gasteiger partial charge on any atom is 0.254 e. The summed E-state index contributed by atoms with van der Waals surface area (Å²) in [7, 11) is 0. The molecule has 1 amide bonds. The van der Waals surface area contributed by atoms with Crippen LogP contribution in [-0.4, -0.2) is 5.91 Å². The van der Waals surface area contributed by atoms with Crippen LogP contribution in [0.5, 0.6) is 0 Å². The molecule has 3 N–H and O–H groups in total. The highest BCUT2D eigenvalue weighted by Crippen LogP contribution is 2.24. The summed E-state index contributed by atoms with van der Waals surface area (Å²) in [5.41, 5.74) is 7.93. The van der Waals surface area contributed by atoms with Gasteiger partial charge in [0, 0.05) is 13.1 Å². The van der Waals surface area contributed by atoms with Gasteiger partial charge in [0.25, 0.3) is 5.91 Å². The van der Waals surface area contributed by atoms with Gasteiger partial charge in [-0.25, -0.2) is 0 Å². The summed E-state index contributed by atoms with van der Waals surface area (Å²) >= 11 is 12.0. The Hall–Kier alpha value is -1.55. The zero-order valence-corrected chi connectivity index (χ0v) is 12.2. The van der Waals surface area contributed by atoms with E-state index in [1.165, 1.54) is 0 Å². The number of nitrogens with two attached hydrogens (primary N) is 1. The molecule has 0 heterocycles. The SMILES string of the molecule is NCc1ccccc1CNC(=O)c1c(Cl)cccc1Cl. The van der Waals surface area contributed by atoms with Gasteiger partial charge in [-0.2, -0.15) is 0 Å². The Bertz CT molecular complexity index is 609. The molecule has 0 unspecified atom stereocenters. The van der Waals surface area contributed by atoms with Crippen molar-refractivity contribution in [1.29, 1.82) is 0 Å². The highest BCUT2D eigenvalue weighted by molar-refractivity contribution is 6.39. The van der Waals surface area contributed by atoms with Crippen molar-refractivity contribution in [1.82, 2.24) is 5.32 Å². The van der Waals surface area contributed by atoms with E-state index in [4.69, 9.17) is 28.9 Å². The number of nitrogens with one attached hydrogen (secondary N) is 1. The van der Waals surface area contributed by atoms with E-state index in [2.05, 4.69) is 5.32 Å². The van der Waals surface area contributed by atoms with E-state index in [9.17, 15) is 4.79 Å². The third kappa shape index (κ3) is 3.31. The van der Waals surface area contributed by atoms with E-state index in [1.807, 2.05) is 24.3 Å². The molecule has 0 bridgehead atoms. The summed E-state index contributed by atoms with van der Waals surface area (Å²) in [4.78, 5) is 12.1. The maximum absolute atomic E-state index is 12.1. The van der Waals surface area contributed by atoms with Crippen molar-refractivity contribution in [3.05, 3.63) is 69.2 Å². The van der Waals surface area contributed by atoms with Gasteiger partial charge in [-0.05, 0) is 23.3 Å². The first-order chi connectivity index (χ1) is 9.63. The Labute approximate surface area is 127 Å². The van der Waals surface area contributed by atoms with Crippen LogP contribution >= 0.6 is 23.2 Å². The minimum absolute atomic E-state index is 0.293. The molecule has 0 saturated carbocycles. The smallest absolute Gasteiger partial charge is 0.254 e. The molecular weight excluding hydrogens is 295 g/mol. The molecule has 20 heavy (non-hydrogen) atoms. The summed E-state index contributed by atoms with van der Waals surface area (Å²) < 4.78 is 0. The van der Waals surface area contributed by atoms with Gasteiger partial charge in [-0.1, -0.05) is 53.5 Å². The molecule has 0 fully saturated rings. The number of carbonyl (C=O) groups excluding carboxylic acids is 1. The van der Waals surface area contributed by atoms with Crippen LogP contribution in [0.4, 0.5) is 0 Å². The van der Waals surface area contributed by atoms with Gasteiger partial charge in [0.05, 0.1) is 15.6 Å². The van der Waals surface area contributed by atoms with Gasteiger partial charge in [-0.3, -0.25) is 4.79 Å². The highest BCUT2D eigenvalue weighted by atomic mass is 35.5. The lowest BCUT2D eigenvalue weighted by Crippen LogP contribution is -2.24. The minimum atomic E-state index is -0.299. The van der Waals surface area contributed by atoms with Crippen molar-refractivity contribution in [2.45, 2.75) is 13.1 Å². The number of amides is 1. The number of rotatable bonds is 4. The summed E-state index contributed by atoms with van der Waals surface area (Å²) in [6, 6.07) is 12.7. The minimum Gasteiger partial charge on any atom is -0.348 e. The second kappa shape index (κ2) is 6.75. The van der Waals surface area contributed by atoms with Crippen molar-refractivity contribution in [2.75, 3.05) is 0 Å². The fourth-order valence-electron chi connectivity index (χ4n) is 1.91. The molecule has 0 aliphatic carbocycles. The summed E-state index contributed by atoms with van der Waals surface area (Å²) in [6.07, 6.45) is 0. The van der Waals surface area contributed by atoms with Crippen LogP contribution in [0.1, 0.15) is 21.5 Å². The standard InChI is InChI=1S/C15H14Cl2N2O/c16-12-6-3-7-13(17)14(12)15(20)19-9-11-5-2-1-4-10(11)8-18/h1-7H,8-9,18H2,(H,19,20). The quantitative estimate of drug-likeness (QED) is 0.909. The largest absolute Gasteiger partial charge is 0.348 e. The average Bonchev–Trinajstić information content (AvgIpc) is 2.45. The third-order valence-corrected chi connectivity index (χ3v) is 3.60. The zero-order chi connectivity index (χ0) is 14.5. The van der Waals surface area contributed by atoms with E-state index in [0.717, 1.165) is 11.1 Å². The van der Waals surface area contributed by atoms with Gasteiger partial charge in [-0.15, -0.1) is 0 Å². The molecule has 0 aromatic heterocycles. The molecule has 2 rings (SSSR count). The topological polar surface area (TPSA) is 55.1 Å². The predicted molar refractivity (Wildman–Crippen MR) is 82.0 cm³/mol. The number of carbonyl (C=O) groups is 1. The Morgan fingerprint density at radius 2 is 1.60 bits per heavy atom. The van der Waals surface area contributed by atoms with E-state index in [0.29, 0.717) is 28.7 Å². The summed E-state index contributed by atoms with van der Waals surface area (Å²) in [5.74, 6) is -0.299. The molecule has 0 spiro atoms. The summed E-state index contributed by atoms with van der Waals surface area (Å²) in [5, 5.41) is 3.48. The van der Waals surface area contributed by atoms with Crippen LogP contribution in [0.3, 0.4) is 0 Å². The average molecular weight is 309 g/mol. The van der Waals surface area contributed by atoms with E-state index < -0.39 is 0 Å². The van der Waals surface area contributed by atoms with E-state index in [-0.39, 0.29) is 5.91 Å². The third-order valence-electron chi connectivity index (χ3n) is 2.97. The molecule has 0 saturated heterocycles. The molecule has 2 aromatic rings. The highest BCUT2D eigenvalue weighted by Gasteiger charge is 2.14. The van der Waals surface area contributed by atoms with Crippen LogP contribution in [-0.2, 0) is 13.1 Å². The molecule has 0 aliphatic rings. The molecule has 0 radical (unpaired) electrons. The monoisotopic (exact) mass is 308 g/mol. The van der Waals surface area contributed by atoms with Crippen LogP contribution in [0, 0.1) is 0 Å². The normalized spacial score (nSPS) is 10.3. The number of benzene rings is 2. The van der Waals surface area contributed by atoms with Gasteiger partial charge < -0.3 is 11.1 Å². The van der Waals surface area contributed by atoms with Crippen molar-refractivity contribution in [3.63, 3.8) is 0 Å². The molecule has 2 aromatic carbocycles. The van der Waals surface area contributed by atoms with Gasteiger partial charge in [0.15, 0.2) is 0 Å². The fourth-order valence-corrected chi connectivity index (χ4v) is 2.48. The number of hydrogen-bond acceptors (Lipinski definition) is 2. The molecule has 0 aliphatic heterocycles. The van der Waals surface area contributed by atoms with Crippen LogP contribution < -0.4 is 11.1 Å². The Morgan fingerprint density at radius 1 is 1.00 bits per heavy atom. The first-order valence-corrected chi connectivity index (χ1v) is 6.88. The van der Waals surface area contributed by atoms with Gasteiger partial charge >= 0.3 is 0 Å². The Morgan fingerprint density at radius 3 is 2.20 bits per heavy atom. The predicted octanol–water partition coefficient (Wildman–Crippen LogP) is 3.38. The van der Waals surface area contributed by atoms with Gasteiger partial charge in [0.2, 0.25) is 0 Å². The van der Waals surface area contributed by atoms with Crippen LogP contribution in [0.25, 0.3) is 0 Å². The fraction of sp³-hybridized carbons (Fsp3) is 0.133. The van der Waals surface area contributed by atoms with E-state index >= 15 is 0 Å². The first kappa shape index (κ1) is 14.9. The Kier molecular flexibility index (Phi) is 5.01. The Balaban J connectivity index is 2.13. The van der Waals surface area contributed by atoms with Crippen molar-refractivity contribution < 1.29 is 4.79 Å².